The Bertz CT molecular complexity index is 1060. The SMILES string of the molecule is CCCCNC(=O)[C@@H](C)N(CCc1ccccc1)C(=O)CCCN(c1ccccc1F)S(C)(=O)=O. The van der Waals surface area contributed by atoms with Crippen LogP contribution in [0.1, 0.15) is 45.1 Å². The lowest BCUT2D eigenvalue weighted by molar-refractivity contribution is -0.139. The number of hydrogen-bond donors (Lipinski definition) is 1. The second-order valence-electron chi connectivity index (χ2n) is 8.53. The molecule has 35 heavy (non-hydrogen) atoms. The summed E-state index contributed by atoms with van der Waals surface area (Å²) in [6, 6.07) is 14.7. The average Bonchev–Trinajstić information content (AvgIpc) is 2.82. The number of nitrogens with one attached hydrogen (secondary N) is 1. The van der Waals surface area contributed by atoms with Crippen molar-refractivity contribution in [3.8, 4) is 0 Å². The predicted octanol–water partition coefficient (Wildman–Crippen LogP) is 3.75. The molecule has 0 aliphatic heterocycles. The van der Waals surface area contributed by atoms with Gasteiger partial charge in [0.15, 0.2) is 0 Å². The number of anilines is 1. The van der Waals surface area contributed by atoms with Gasteiger partial charge < -0.3 is 10.2 Å². The van der Waals surface area contributed by atoms with Crippen molar-refractivity contribution in [3.63, 3.8) is 0 Å². The molecule has 2 aromatic rings. The topological polar surface area (TPSA) is 86.8 Å². The van der Waals surface area contributed by atoms with E-state index in [0.717, 1.165) is 29.0 Å². The van der Waals surface area contributed by atoms with Gasteiger partial charge in [0.2, 0.25) is 21.8 Å². The van der Waals surface area contributed by atoms with Gasteiger partial charge in [-0.15, -0.1) is 0 Å². The number of nitrogens with zero attached hydrogens (tertiary/aromatic N) is 2. The van der Waals surface area contributed by atoms with Crippen LogP contribution >= 0.6 is 0 Å². The predicted molar refractivity (Wildman–Crippen MR) is 137 cm³/mol. The summed E-state index contributed by atoms with van der Waals surface area (Å²) >= 11 is 0. The van der Waals surface area contributed by atoms with E-state index in [4.69, 9.17) is 0 Å². The zero-order chi connectivity index (χ0) is 25.8. The maximum atomic E-state index is 14.2. The van der Waals surface area contributed by atoms with E-state index in [9.17, 15) is 22.4 Å². The molecule has 0 heterocycles. The van der Waals surface area contributed by atoms with E-state index < -0.39 is 21.9 Å². The fourth-order valence-electron chi connectivity index (χ4n) is 3.74. The van der Waals surface area contributed by atoms with Crippen LogP contribution in [0.3, 0.4) is 0 Å². The highest BCUT2D eigenvalue weighted by molar-refractivity contribution is 7.92. The Kier molecular flexibility index (Phi) is 11.2. The number of amides is 2. The lowest BCUT2D eigenvalue weighted by Crippen LogP contribution is -2.49. The van der Waals surface area contributed by atoms with Crippen molar-refractivity contribution in [1.82, 2.24) is 10.2 Å². The molecule has 192 valence electrons. The first kappa shape index (κ1) is 28.3. The van der Waals surface area contributed by atoms with Crippen LogP contribution < -0.4 is 9.62 Å². The van der Waals surface area contributed by atoms with Crippen molar-refractivity contribution in [2.75, 3.05) is 30.2 Å². The first-order valence-corrected chi connectivity index (χ1v) is 13.8. The summed E-state index contributed by atoms with van der Waals surface area (Å²) in [4.78, 5) is 27.4. The molecule has 2 amide bonds. The van der Waals surface area contributed by atoms with Gasteiger partial charge in [0.1, 0.15) is 11.9 Å². The van der Waals surface area contributed by atoms with Crippen LogP contribution in [0.25, 0.3) is 0 Å². The Hall–Kier alpha value is -2.94. The Morgan fingerprint density at radius 2 is 1.66 bits per heavy atom. The molecule has 0 radical (unpaired) electrons. The number of unbranched alkanes of at least 4 members (excludes halogenated alkanes) is 1. The van der Waals surface area contributed by atoms with Gasteiger partial charge in [-0.3, -0.25) is 13.9 Å². The van der Waals surface area contributed by atoms with Gasteiger partial charge >= 0.3 is 0 Å². The Balaban J connectivity index is 2.09. The molecule has 0 bridgehead atoms. The Morgan fingerprint density at radius 1 is 1.00 bits per heavy atom. The number of benzene rings is 2. The van der Waals surface area contributed by atoms with E-state index in [2.05, 4.69) is 5.32 Å². The maximum Gasteiger partial charge on any atom is 0.242 e. The summed E-state index contributed by atoms with van der Waals surface area (Å²) in [5, 5.41) is 2.88. The molecule has 7 nitrogen and oxygen atoms in total. The molecule has 0 aliphatic carbocycles. The molecule has 1 N–H and O–H groups in total. The van der Waals surface area contributed by atoms with Crippen LogP contribution in [0, 0.1) is 5.82 Å². The molecule has 0 unspecified atom stereocenters. The summed E-state index contributed by atoms with van der Waals surface area (Å²) in [5.41, 5.74) is 0.999. The first-order chi connectivity index (χ1) is 16.6. The second kappa shape index (κ2) is 13.8. The van der Waals surface area contributed by atoms with E-state index in [-0.39, 0.29) is 36.9 Å². The number of carbonyl (C=O) groups excluding carboxylic acids is 2. The smallest absolute Gasteiger partial charge is 0.242 e. The standard InChI is InChI=1S/C26H36FN3O4S/c1-4-5-18-28-26(32)21(2)29(20-17-22-12-7-6-8-13-22)25(31)16-11-19-30(35(3,33)34)24-15-10-9-14-23(24)27/h6-10,12-15,21H,4-5,11,16-20H2,1-3H3,(H,28,32)/t21-/m1/s1. The van der Waals surface area contributed by atoms with E-state index >= 15 is 0 Å². The highest BCUT2D eigenvalue weighted by atomic mass is 32.2. The third-order valence-corrected chi connectivity index (χ3v) is 6.93. The van der Waals surface area contributed by atoms with E-state index in [0.29, 0.717) is 19.5 Å². The number of halogens is 1. The molecule has 9 heteroatoms. The first-order valence-electron chi connectivity index (χ1n) is 12.0. The molecule has 2 aromatic carbocycles. The molecule has 0 saturated carbocycles. The highest BCUT2D eigenvalue weighted by Gasteiger charge is 2.26. The van der Waals surface area contributed by atoms with Gasteiger partial charge in [0, 0.05) is 26.1 Å². The summed E-state index contributed by atoms with van der Waals surface area (Å²) in [6.45, 7) is 4.59. The van der Waals surface area contributed by atoms with Crippen LogP contribution in [0.2, 0.25) is 0 Å². The molecule has 0 saturated heterocycles. The third kappa shape index (κ3) is 8.98. The molecule has 2 rings (SSSR count). The van der Waals surface area contributed by atoms with Crippen molar-refractivity contribution < 1.29 is 22.4 Å². The van der Waals surface area contributed by atoms with Crippen molar-refractivity contribution in [2.45, 2.75) is 52.0 Å². The van der Waals surface area contributed by atoms with Gasteiger partial charge in [-0.2, -0.15) is 0 Å². The second-order valence-corrected chi connectivity index (χ2v) is 10.4. The third-order valence-electron chi connectivity index (χ3n) is 5.75. The lowest BCUT2D eigenvalue weighted by Gasteiger charge is -2.29. The van der Waals surface area contributed by atoms with Gasteiger partial charge in [0.05, 0.1) is 11.9 Å². The van der Waals surface area contributed by atoms with Gasteiger partial charge in [0.25, 0.3) is 0 Å². The Labute approximate surface area is 208 Å². The molecule has 0 aliphatic rings. The van der Waals surface area contributed by atoms with E-state index in [1.807, 2.05) is 37.3 Å². The monoisotopic (exact) mass is 505 g/mol. The molecular weight excluding hydrogens is 469 g/mol. The van der Waals surface area contributed by atoms with Crippen LogP contribution in [-0.2, 0) is 26.0 Å². The summed E-state index contributed by atoms with van der Waals surface area (Å²) < 4.78 is 39.8. The normalized spacial score (nSPS) is 12.1. The van der Waals surface area contributed by atoms with Crippen LogP contribution in [0.15, 0.2) is 54.6 Å². The summed E-state index contributed by atoms with van der Waals surface area (Å²) in [7, 11) is -3.74. The highest BCUT2D eigenvalue weighted by Crippen LogP contribution is 2.22. The molecule has 1 atom stereocenters. The molecule has 0 spiro atoms. The number of rotatable bonds is 14. The van der Waals surface area contributed by atoms with Gasteiger partial charge in [-0.05, 0) is 43.9 Å². The fraction of sp³-hybridized carbons (Fsp3) is 0.462. The zero-order valence-electron chi connectivity index (χ0n) is 20.7. The summed E-state index contributed by atoms with van der Waals surface area (Å²) in [5.74, 6) is -1.11. The minimum atomic E-state index is -3.74. The average molecular weight is 506 g/mol. The molecular formula is C26H36FN3O4S. The van der Waals surface area contributed by atoms with Gasteiger partial charge in [-0.25, -0.2) is 12.8 Å². The fourth-order valence-corrected chi connectivity index (χ4v) is 4.71. The number of para-hydroxylation sites is 1. The number of sulfonamides is 1. The summed E-state index contributed by atoms with van der Waals surface area (Å²) in [6.07, 6.45) is 3.62. The van der Waals surface area contributed by atoms with E-state index in [1.54, 1.807) is 17.9 Å². The molecule has 0 aromatic heterocycles. The quantitative estimate of drug-likeness (QED) is 0.396. The van der Waals surface area contributed by atoms with Crippen molar-refractivity contribution in [3.05, 3.63) is 66.0 Å². The van der Waals surface area contributed by atoms with Crippen LogP contribution in [0.5, 0.6) is 0 Å². The number of carbonyl (C=O) groups is 2. The number of hydrogen-bond acceptors (Lipinski definition) is 4. The molecule has 0 fully saturated rings. The minimum Gasteiger partial charge on any atom is -0.354 e. The van der Waals surface area contributed by atoms with Crippen LogP contribution in [0.4, 0.5) is 10.1 Å². The largest absolute Gasteiger partial charge is 0.354 e. The Morgan fingerprint density at radius 3 is 2.29 bits per heavy atom. The van der Waals surface area contributed by atoms with Crippen molar-refractivity contribution in [1.29, 1.82) is 0 Å². The van der Waals surface area contributed by atoms with Crippen molar-refractivity contribution in [2.24, 2.45) is 0 Å². The van der Waals surface area contributed by atoms with Crippen LogP contribution in [-0.4, -0.2) is 57.1 Å². The lowest BCUT2D eigenvalue weighted by atomic mass is 10.1. The maximum absolute atomic E-state index is 14.2. The van der Waals surface area contributed by atoms with Crippen molar-refractivity contribution >= 4 is 27.5 Å². The van der Waals surface area contributed by atoms with E-state index in [1.165, 1.54) is 18.2 Å². The minimum absolute atomic E-state index is 0.0296. The van der Waals surface area contributed by atoms with Gasteiger partial charge in [-0.1, -0.05) is 55.8 Å². The zero-order valence-corrected chi connectivity index (χ0v) is 21.6.